The van der Waals surface area contributed by atoms with Crippen LogP contribution in [0.1, 0.15) is 0 Å². The third kappa shape index (κ3) is 1.88. The third-order valence-electron chi connectivity index (χ3n) is 1.14. The summed E-state index contributed by atoms with van der Waals surface area (Å²) in [5.74, 6) is 3.93. The molecule has 1 aliphatic heterocycles. The van der Waals surface area contributed by atoms with E-state index in [1.54, 1.807) is 0 Å². The van der Waals surface area contributed by atoms with E-state index in [2.05, 4.69) is 5.32 Å². The molecule has 8 heavy (non-hydrogen) atoms. The Hall–Kier alpha value is 0.660. The SMILES string of the molecule is CNC1CSCCS1. The van der Waals surface area contributed by atoms with Gasteiger partial charge in [-0.25, -0.2) is 0 Å². The van der Waals surface area contributed by atoms with Crippen molar-refractivity contribution in [1.82, 2.24) is 5.32 Å². The molecule has 1 saturated heterocycles. The molecule has 0 radical (unpaired) electrons. The summed E-state index contributed by atoms with van der Waals surface area (Å²) < 4.78 is 0. The van der Waals surface area contributed by atoms with Gasteiger partial charge in [0.2, 0.25) is 0 Å². The zero-order chi connectivity index (χ0) is 5.82. The molecule has 1 rings (SSSR count). The molecule has 1 nitrogen and oxygen atoms in total. The molecule has 1 N–H and O–H groups in total. The maximum Gasteiger partial charge on any atom is 0.0621 e. The number of hydrogen-bond acceptors (Lipinski definition) is 3. The topological polar surface area (TPSA) is 12.0 Å². The van der Waals surface area contributed by atoms with Gasteiger partial charge in [0, 0.05) is 17.3 Å². The molecule has 48 valence electrons. The van der Waals surface area contributed by atoms with Crippen molar-refractivity contribution in [3.63, 3.8) is 0 Å². The quantitative estimate of drug-likeness (QED) is 0.597. The van der Waals surface area contributed by atoms with E-state index in [0.29, 0.717) is 5.37 Å². The van der Waals surface area contributed by atoms with Crippen molar-refractivity contribution in [1.29, 1.82) is 0 Å². The Morgan fingerprint density at radius 1 is 1.50 bits per heavy atom. The lowest BCUT2D eigenvalue weighted by Crippen LogP contribution is -2.27. The molecular weight excluding hydrogens is 138 g/mol. The molecule has 0 aliphatic carbocycles. The minimum absolute atomic E-state index is 0.716. The smallest absolute Gasteiger partial charge is 0.0621 e. The number of thioether (sulfide) groups is 2. The van der Waals surface area contributed by atoms with E-state index >= 15 is 0 Å². The van der Waals surface area contributed by atoms with Gasteiger partial charge >= 0.3 is 0 Å². The highest BCUT2D eigenvalue weighted by molar-refractivity contribution is 8.06. The fraction of sp³-hybridized carbons (Fsp3) is 1.00. The molecule has 0 spiro atoms. The van der Waals surface area contributed by atoms with Crippen molar-refractivity contribution in [2.45, 2.75) is 5.37 Å². The van der Waals surface area contributed by atoms with Crippen LogP contribution in [-0.2, 0) is 0 Å². The van der Waals surface area contributed by atoms with Gasteiger partial charge in [-0.05, 0) is 7.05 Å². The van der Waals surface area contributed by atoms with Gasteiger partial charge in [-0.15, -0.1) is 11.8 Å². The molecule has 1 fully saturated rings. The van der Waals surface area contributed by atoms with Crippen molar-refractivity contribution in [2.75, 3.05) is 24.3 Å². The summed E-state index contributed by atoms with van der Waals surface area (Å²) in [5, 5.41) is 3.96. The summed E-state index contributed by atoms with van der Waals surface area (Å²) in [7, 11) is 2.03. The number of rotatable bonds is 1. The first-order valence-corrected chi connectivity index (χ1v) is 5.00. The van der Waals surface area contributed by atoms with E-state index in [0.717, 1.165) is 0 Å². The van der Waals surface area contributed by atoms with E-state index < -0.39 is 0 Å². The van der Waals surface area contributed by atoms with Gasteiger partial charge in [0.25, 0.3) is 0 Å². The Balaban J connectivity index is 2.13. The van der Waals surface area contributed by atoms with Crippen LogP contribution in [0.25, 0.3) is 0 Å². The largest absolute Gasteiger partial charge is 0.308 e. The highest BCUT2D eigenvalue weighted by Gasteiger charge is 2.10. The molecule has 0 aromatic carbocycles. The van der Waals surface area contributed by atoms with Crippen LogP contribution in [0.2, 0.25) is 0 Å². The Kier molecular flexibility index (Phi) is 3.08. The van der Waals surface area contributed by atoms with Crippen LogP contribution >= 0.6 is 23.5 Å². The Bertz CT molecular complexity index is 61.4. The van der Waals surface area contributed by atoms with E-state index in [9.17, 15) is 0 Å². The summed E-state index contributed by atoms with van der Waals surface area (Å²) in [4.78, 5) is 0. The molecule has 1 aliphatic rings. The fourth-order valence-corrected chi connectivity index (χ4v) is 3.18. The maximum atomic E-state index is 3.25. The maximum absolute atomic E-state index is 3.25. The zero-order valence-corrected chi connectivity index (χ0v) is 6.65. The molecule has 0 amide bonds. The molecule has 0 bridgehead atoms. The highest BCUT2D eigenvalue weighted by atomic mass is 32.2. The van der Waals surface area contributed by atoms with Gasteiger partial charge in [0.05, 0.1) is 5.37 Å². The van der Waals surface area contributed by atoms with Gasteiger partial charge in [-0.1, -0.05) is 0 Å². The van der Waals surface area contributed by atoms with Gasteiger partial charge in [-0.2, -0.15) is 11.8 Å². The molecule has 3 heteroatoms. The lowest BCUT2D eigenvalue weighted by molar-refractivity contribution is 0.812. The van der Waals surface area contributed by atoms with Gasteiger partial charge in [0.15, 0.2) is 0 Å². The number of nitrogens with one attached hydrogen (secondary N) is 1. The molecular formula is C5H11NS2. The lowest BCUT2D eigenvalue weighted by atomic mass is 10.7. The number of hydrogen-bond donors (Lipinski definition) is 1. The standard InChI is InChI=1S/C5H11NS2/c1-6-5-4-7-2-3-8-5/h5-6H,2-4H2,1H3. The first kappa shape index (κ1) is 6.78. The molecule has 1 unspecified atom stereocenters. The van der Waals surface area contributed by atoms with Gasteiger partial charge in [-0.3, -0.25) is 0 Å². The van der Waals surface area contributed by atoms with Crippen molar-refractivity contribution >= 4 is 23.5 Å². The predicted molar refractivity (Wildman–Crippen MR) is 42.6 cm³/mol. The molecule has 0 saturated carbocycles. The second-order valence-corrected chi connectivity index (χ2v) is 4.18. The molecule has 1 atom stereocenters. The zero-order valence-electron chi connectivity index (χ0n) is 5.02. The van der Waals surface area contributed by atoms with Crippen LogP contribution in [0.5, 0.6) is 0 Å². The summed E-state index contributed by atoms with van der Waals surface area (Å²) in [6.07, 6.45) is 0. The van der Waals surface area contributed by atoms with E-state index in [4.69, 9.17) is 0 Å². The molecule has 0 aromatic rings. The average Bonchev–Trinajstić information content (AvgIpc) is 1.90. The van der Waals surface area contributed by atoms with Crippen LogP contribution in [0, 0.1) is 0 Å². The van der Waals surface area contributed by atoms with Gasteiger partial charge < -0.3 is 5.32 Å². The Labute approximate surface area is 59.0 Å². The van der Waals surface area contributed by atoms with Crippen LogP contribution in [0.4, 0.5) is 0 Å². The van der Waals surface area contributed by atoms with Crippen molar-refractivity contribution in [3.05, 3.63) is 0 Å². The van der Waals surface area contributed by atoms with E-state index in [1.807, 2.05) is 30.6 Å². The van der Waals surface area contributed by atoms with Crippen molar-refractivity contribution in [2.24, 2.45) is 0 Å². The lowest BCUT2D eigenvalue weighted by Gasteiger charge is -2.19. The first-order chi connectivity index (χ1) is 3.93. The second-order valence-electron chi connectivity index (χ2n) is 1.72. The van der Waals surface area contributed by atoms with Crippen molar-refractivity contribution in [3.8, 4) is 0 Å². The third-order valence-corrected chi connectivity index (χ3v) is 3.91. The monoisotopic (exact) mass is 149 g/mol. The van der Waals surface area contributed by atoms with Gasteiger partial charge in [0.1, 0.15) is 0 Å². The summed E-state index contributed by atoms with van der Waals surface area (Å²) >= 11 is 4.08. The minimum atomic E-state index is 0.716. The summed E-state index contributed by atoms with van der Waals surface area (Å²) in [6, 6.07) is 0. The molecule has 0 aromatic heterocycles. The van der Waals surface area contributed by atoms with Crippen molar-refractivity contribution < 1.29 is 0 Å². The normalized spacial score (nSPS) is 30.4. The first-order valence-electron chi connectivity index (χ1n) is 2.80. The van der Waals surface area contributed by atoms with Crippen LogP contribution in [0.3, 0.4) is 0 Å². The van der Waals surface area contributed by atoms with E-state index in [1.165, 1.54) is 17.3 Å². The Morgan fingerprint density at radius 3 is 2.75 bits per heavy atom. The predicted octanol–water partition coefficient (Wildman–Crippen LogP) is 1.01. The summed E-state index contributed by atoms with van der Waals surface area (Å²) in [6.45, 7) is 0. The summed E-state index contributed by atoms with van der Waals surface area (Å²) in [5.41, 5.74) is 0. The molecule has 1 heterocycles. The van der Waals surface area contributed by atoms with Crippen LogP contribution in [-0.4, -0.2) is 29.7 Å². The minimum Gasteiger partial charge on any atom is -0.308 e. The Morgan fingerprint density at radius 2 is 2.38 bits per heavy atom. The van der Waals surface area contributed by atoms with Crippen LogP contribution < -0.4 is 5.32 Å². The van der Waals surface area contributed by atoms with Crippen LogP contribution in [0.15, 0.2) is 0 Å². The average molecular weight is 149 g/mol. The fourth-order valence-electron chi connectivity index (χ4n) is 0.654. The van der Waals surface area contributed by atoms with E-state index in [-0.39, 0.29) is 0 Å². The highest BCUT2D eigenvalue weighted by Crippen LogP contribution is 2.21. The second kappa shape index (κ2) is 3.64.